The van der Waals surface area contributed by atoms with Crippen LogP contribution in [0.25, 0.3) is 0 Å². The number of nitrogens with zero attached hydrogens (tertiary/aromatic N) is 2. The van der Waals surface area contributed by atoms with Crippen molar-refractivity contribution in [3.8, 4) is 0 Å². The number of hydrazone groups is 1. The number of carboxylic acids is 1. The predicted octanol–water partition coefficient (Wildman–Crippen LogP) is 3.48. The third-order valence-corrected chi connectivity index (χ3v) is 3.57. The van der Waals surface area contributed by atoms with E-state index in [1.807, 2.05) is 13.8 Å². The van der Waals surface area contributed by atoms with Crippen LogP contribution in [0, 0.1) is 0 Å². The smallest absolute Gasteiger partial charge is 0.424 e. The highest BCUT2D eigenvalue weighted by Gasteiger charge is 2.46. The van der Waals surface area contributed by atoms with Crippen molar-refractivity contribution in [3.63, 3.8) is 0 Å². The van der Waals surface area contributed by atoms with Crippen molar-refractivity contribution in [3.05, 3.63) is 41.0 Å². The lowest BCUT2D eigenvalue weighted by Crippen LogP contribution is -2.29. The van der Waals surface area contributed by atoms with Crippen molar-refractivity contribution in [2.75, 3.05) is 5.01 Å². The van der Waals surface area contributed by atoms with Crippen LogP contribution in [0.3, 0.4) is 0 Å². The second kappa shape index (κ2) is 6.10. The van der Waals surface area contributed by atoms with E-state index >= 15 is 0 Å². The van der Waals surface area contributed by atoms with E-state index in [0.29, 0.717) is 0 Å². The van der Waals surface area contributed by atoms with E-state index in [9.17, 15) is 22.8 Å². The predicted molar refractivity (Wildman–Crippen MR) is 81.8 cm³/mol. The Labute approximate surface area is 136 Å². The summed E-state index contributed by atoms with van der Waals surface area (Å²) < 4.78 is 38.9. The summed E-state index contributed by atoms with van der Waals surface area (Å²) in [6.07, 6.45) is -5.16. The average Bonchev–Trinajstić information content (AvgIpc) is 2.74. The molecule has 0 atom stereocenters. The molecule has 1 aliphatic rings. The standard InChI is InChI=1S/C16H15F3N2O3/c1-8(2)10-4-6-11(7-5-10)21-14(22)12(9(3)20-21)13(15(23)24)16(17,18)19/h4-8H,1-3H3,(H,23,24). The summed E-state index contributed by atoms with van der Waals surface area (Å²) in [5, 5.41) is 13.4. The molecular formula is C16H15F3N2O3. The maximum atomic E-state index is 13.0. The van der Waals surface area contributed by atoms with Crippen molar-refractivity contribution in [2.24, 2.45) is 5.10 Å². The number of carboxylic acid groups (broad SMARTS) is 1. The van der Waals surface area contributed by atoms with Gasteiger partial charge in [-0.05, 0) is 30.5 Å². The van der Waals surface area contributed by atoms with Gasteiger partial charge in [0.1, 0.15) is 0 Å². The molecule has 1 aliphatic heterocycles. The van der Waals surface area contributed by atoms with Gasteiger partial charge in [-0.2, -0.15) is 23.3 Å². The third kappa shape index (κ3) is 3.17. The minimum Gasteiger partial charge on any atom is -0.478 e. The summed E-state index contributed by atoms with van der Waals surface area (Å²) in [6, 6.07) is 6.59. The zero-order chi connectivity index (χ0) is 18.2. The number of halogens is 3. The number of amides is 1. The summed E-state index contributed by atoms with van der Waals surface area (Å²) in [7, 11) is 0. The van der Waals surface area contributed by atoms with E-state index in [0.717, 1.165) is 10.6 Å². The molecule has 0 unspecified atom stereocenters. The summed E-state index contributed by atoms with van der Waals surface area (Å²) in [5.74, 6) is -3.07. The highest BCUT2D eigenvalue weighted by Crippen LogP contribution is 2.33. The van der Waals surface area contributed by atoms with E-state index in [1.54, 1.807) is 24.3 Å². The fourth-order valence-corrected chi connectivity index (χ4v) is 2.34. The number of carbonyl (C=O) groups excluding carboxylic acids is 1. The Morgan fingerprint density at radius 3 is 2.17 bits per heavy atom. The van der Waals surface area contributed by atoms with Crippen molar-refractivity contribution < 1.29 is 27.9 Å². The molecule has 0 saturated heterocycles. The van der Waals surface area contributed by atoms with Crippen LogP contribution in [0.15, 0.2) is 40.5 Å². The molecule has 2 rings (SSSR count). The van der Waals surface area contributed by atoms with Crippen LogP contribution in [0.1, 0.15) is 32.3 Å². The Bertz CT molecular complexity index is 747. The summed E-state index contributed by atoms with van der Waals surface area (Å²) in [4.78, 5) is 23.3. The van der Waals surface area contributed by atoms with Gasteiger partial charge in [0.15, 0.2) is 5.57 Å². The first-order valence-corrected chi connectivity index (χ1v) is 7.08. The van der Waals surface area contributed by atoms with Crippen LogP contribution in [0.4, 0.5) is 18.9 Å². The summed E-state index contributed by atoms with van der Waals surface area (Å²) in [6.45, 7) is 5.12. The van der Waals surface area contributed by atoms with Gasteiger partial charge >= 0.3 is 12.1 Å². The first-order valence-electron chi connectivity index (χ1n) is 7.08. The Balaban J connectivity index is 2.49. The molecule has 128 valence electrons. The van der Waals surface area contributed by atoms with Gasteiger partial charge in [0.2, 0.25) is 0 Å². The minimum atomic E-state index is -5.16. The highest BCUT2D eigenvalue weighted by molar-refractivity contribution is 6.32. The van der Waals surface area contributed by atoms with Crippen LogP contribution in [-0.4, -0.2) is 28.9 Å². The van der Waals surface area contributed by atoms with Crippen LogP contribution in [-0.2, 0) is 9.59 Å². The Hall–Kier alpha value is -2.64. The number of carbonyl (C=O) groups is 2. The molecule has 0 saturated carbocycles. The lowest BCUT2D eigenvalue weighted by atomic mass is 10.0. The Morgan fingerprint density at radius 1 is 1.21 bits per heavy atom. The zero-order valence-electron chi connectivity index (χ0n) is 13.2. The first kappa shape index (κ1) is 17.7. The van der Waals surface area contributed by atoms with Gasteiger partial charge in [-0.15, -0.1) is 0 Å². The molecule has 1 aromatic carbocycles. The van der Waals surface area contributed by atoms with Gasteiger partial charge in [-0.1, -0.05) is 26.0 Å². The molecule has 0 aromatic heterocycles. The average molecular weight is 340 g/mol. The zero-order valence-corrected chi connectivity index (χ0v) is 13.2. The molecule has 1 N–H and O–H groups in total. The van der Waals surface area contributed by atoms with E-state index in [1.165, 1.54) is 6.92 Å². The molecule has 1 amide bonds. The second-order valence-corrected chi connectivity index (χ2v) is 5.60. The molecule has 0 radical (unpaired) electrons. The number of hydrogen-bond donors (Lipinski definition) is 1. The van der Waals surface area contributed by atoms with E-state index in [4.69, 9.17) is 5.11 Å². The second-order valence-electron chi connectivity index (χ2n) is 5.60. The third-order valence-electron chi connectivity index (χ3n) is 3.57. The van der Waals surface area contributed by atoms with Crippen LogP contribution in [0.5, 0.6) is 0 Å². The maximum absolute atomic E-state index is 13.0. The van der Waals surface area contributed by atoms with Crippen LogP contribution in [0.2, 0.25) is 0 Å². The topological polar surface area (TPSA) is 70.0 Å². The molecule has 5 nitrogen and oxygen atoms in total. The number of hydrogen-bond acceptors (Lipinski definition) is 3. The number of anilines is 1. The Morgan fingerprint density at radius 2 is 1.75 bits per heavy atom. The maximum Gasteiger partial charge on any atom is 0.424 e. The summed E-state index contributed by atoms with van der Waals surface area (Å²) in [5.41, 5.74) is -1.88. The normalized spacial score (nSPS) is 17.4. The lowest BCUT2D eigenvalue weighted by molar-refractivity contribution is -0.145. The van der Waals surface area contributed by atoms with Gasteiger partial charge in [0.05, 0.1) is 17.0 Å². The summed E-state index contributed by atoms with van der Waals surface area (Å²) >= 11 is 0. The van der Waals surface area contributed by atoms with E-state index < -0.39 is 29.2 Å². The van der Waals surface area contributed by atoms with Crippen LogP contribution < -0.4 is 5.01 Å². The van der Waals surface area contributed by atoms with Gasteiger partial charge in [-0.3, -0.25) is 4.79 Å². The van der Waals surface area contributed by atoms with E-state index in [2.05, 4.69) is 5.10 Å². The van der Waals surface area contributed by atoms with Crippen molar-refractivity contribution in [2.45, 2.75) is 32.9 Å². The molecule has 1 aromatic rings. The van der Waals surface area contributed by atoms with Gasteiger partial charge in [-0.25, -0.2) is 4.79 Å². The van der Waals surface area contributed by atoms with E-state index in [-0.39, 0.29) is 17.3 Å². The lowest BCUT2D eigenvalue weighted by Gasteiger charge is -2.14. The fourth-order valence-electron chi connectivity index (χ4n) is 2.34. The molecule has 24 heavy (non-hydrogen) atoms. The molecule has 1 heterocycles. The molecule has 0 bridgehead atoms. The van der Waals surface area contributed by atoms with Crippen molar-refractivity contribution in [1.29, 1.82) is 0 Å². The van der Waals surface area contributed by atoms with Gasteiger partial charge in [0, 0.05) is 0 Å². The van der Waals surface area contributed by atoms with Crippen molar-refractivity contribution >= 4 is 23.3 Å². The largest absolute Gasteiger partial charge is 0.478 e. The number of benzene rings is 1. The Kier molecular flexibility index (Phi) is 4.50. The number of aliphatic carboxylic acids is 1. The molecule has 8 heteroatoms. The first-order chi connectivity index (χ1) is 11.0. The van der Waals surface area contributed by atoms with Crippen molar-refractivity contribution in [1.82, 2.24) is 0 Å². The molecule has 0 aliphatic carbocycles. The van der Waals surface area contributed by atoms with Gasteiger partial charge < -0.3 is 5.11 Å². The SMILES string of the molecule is CC1=NN(c2ccc(C(C)C)cc2)C(=O)C1=C(C(=O)O)C(F)(F)F. The van der Waals surface area contributed by atoms with Crippen LogP contribution >= 0.6 is 0 Å². The molecule has 0 fully saturated rings. The monoisotopic (exact) mass is 340 g/mol. The minimum absolute atomic E-state index is 0.248. The fraction of sp³-hybridized carbons (Fsp3) is 0.312. The quantitative estimate of drug-likeness (QED) is 0.857. The highest BCUT2D eigenvalue weighted by atomic mass is 19.4. The molecular weight excluding hydrogens is 325 g/mol. The molecule has 0 spiro atoms. The number of alkyl halides is 3. The van der Waals surface area contributed by atoms with Gasteiger partial charge in [0.25, 0.3) is 5.91 Å². The number of rotatable bonds is 3.